The molecule has 0 radical (unpaired) electrons. The largest absolute Gasteiger partial charge is 0.482 e. The quantitative estimate of drug-likeness (QED) is 0.237. The normalized spacial score (nSPS) is 14.3. The number of aliphatic carboxylic acids is 1. The fourth-order valence-electron chi connectivity index (χ4n) is 4.72. The summed E-state index contributed by atoms with van der Waals surface area (Å²) in [6.45, 7) is 11.3. The predicted octanol–water partition coefficient (Wildman–Crippen LogP) is 6.08. The van der Waals surface area contributed by atoms with Crippen molar-refractivity contribution in [3.05, 3.63) is 81.7 Å². The van der Waals surface area contributed by atoms with E-state index >= 15 is 0 Å². The van der Waals surface area contributed by atoms with Gasteiger partial charge in [0.05, 0.1) is 12.1 Å². The lowest BCUT2D eigenvalue weighted by molar-refractivity contribution is -0.157. The monoisotopic (exact) mass is 587 g/mol. The first-order valence-corrected chi connectivity index (χ1v) is 14.4. The Kier molecular flexibility index (Phi) is 7.87. The molecule has 42 heavy (non-hydrogen) atoms. The highest BCUT2D eigenvalue weighted by Gasteiger charge is 2.32. The number of carbonyl (C=O) groups excluding carboxylic acids is 1. The number of carbonyl (C=O) groups is 2. The molecule has 2 aromatic heterocycles. The molecule has 0 unspecified atom stereocenters. The second-order valence-electron chi connectivity index (χ2n) is 11.1. The second kappa shape index (κ2) is 11.4. The van der Waals surface area contributed by atoms with Crippen LogP contribution in [0.1, 0.15) is 66.5 Å². The second-order valence-corrected chi connectivity index (χ2v) is 12.3. The van der Waals surface area contributed by atoms with E-state index in [1.54, 1.807) is 23.5 Å². The number of carboxylic acids is 1. The Morgan fingerprint density at radius 2 is 1.64 bits per heavy atom. The number of fused-ring (bicyclic) bond motifs is 3. The van der Waals surface area contributed by atoms with Crippen molar-refractivity contribution >= 4 is 40.4 Å². The molecule has 0 amide bonds. The fourth-order valence-corrected chi connectivity index (χ4v) is 5.93. The molecule has 4 aromatic rings. The van der Waals surface area contributed by atoms with E-state index in [0.717, 1.165) is 43.7 Å². The minimum Gasteiger partial charge on any atom is -0.482 e. The van der Waals surface area contributed by atoms with Crippen molar-refractivity contribution in [2.45, 2.75) is 59.6 Å². The van der Waals surface area contributed by atoms with Gasteiger partial charge in [0.15, 0.2) is 12.4 Å². The highest BCUT2D eigenvalue weighted by Crippen LogP contribution is 2.39. The summed E-state index contributed by atoms with van der Waals surface area (Å²) in [6.07, 6.45) is -0.189. The summed E-state index contributed by atoms with van der Waals surface area (Å²) in [6, 6.07) is 14.5. The van der Waals surface area contributed by atoms with Crippen LogP contribution < -0.4 is 10.1 Å². The number of aromatic nitrogens is 3. The number of carboxylic acid groups (broad SMARTS) is 1. The van der Waals surface area contributed by atoms with Crippen LogP contribution in [0.3, 0.4) is 0 Å². The minimum absolute atomic E-state index is 0.162. The lowest BCUT2D eigenvalue weighted by atomic mass is 9.99. The maximum Gasteiger partial charge on any atom is 0.344 e. The lowest BCUT2D eigenvalue weighted by Crippen LogP contribution is -2.27. The van der Waals surface area contributed by atoms with Crippen LogP contribution in [0, 0.1) is 20.8 Å². The van der Waals surface area contributed by atoms with Gasteiger partial charge in [-0.3, -0.25) is 14.4 Å². The number of nitrogens with zero attached hydrogens (tertiary/aromatic N) is 4. The maximum absolute atomic E-state index is 11.9. The summed E-state index contributed by atoms with van der Waals surface area (Å²) in [7, 11) is 0. The minimum atomic E-state index is -0.950. The molecule has 2 N–H and O–H groups in total. The maximum atomic E-state index is 11.9. The van der Waals surface area contributed by atoms with E-state index in [1.807, 2.05) is 68.7 Å². The van der Waals surface area contributed by atoms with Crippen molar-refractivity contribution < 1.29 is 24.2 Å². The standard InChI is InChI=1S/C31H33N5O5S/c1-17-18(2)42-30-27(17)28(33-24(15-25(37)38)29-35-34-19(3)36(29)30)20-7-9-21(10-8-20)32-22-11-13-23(14-12-22)40-16-26(39)41-31(4,5)6/h7-14,24,32H,15-16H2,1-6H3,(H,37,38)/t24-/m0/s1. The van der Waals surface area contributed by atoms with Gasteiger partial charge in [0.1, 0.15) is 28.2 Å². The molecule has 5 rings (SSSR count). The van der Waals surface area contributed by atoms with Crippen LogP contribution in [-0.2, 0) is 14.3 Å². The zero-order valence-electron chi connectivity index (χ0n) is 24.4. The number of hydrogen-bond acceptors (Lipinski definition) is 9. The Morgan fingerprint density at radius 3 is 2.26 bits per heavy atom. The summed E-state index contributed by atoms with van der Waals surface area (Å²) in [4.78, 5) is 29.8. The van der Waals surface area contributed by atoms with E-state index in [2.05, 4.69) is 29.4 Å². The SMILES string of the molecule is Cc1sc2c(c1C)C(c1ccc(Nc3ccc(OCC(=O)OC(C)(C)C)cc3)cc1)=N[C@@H](CC(=O)O)c1nnc(C)n1-2. The number of ether oxygens (including phenoxy) is 2. The molecule has 1 aliphatic rings. The van der Waals surface area contributed by atoms with E-state index in [-0.39, 0.29) is 13.0 Å². The van der Waals surface area contributed by atoms with Crippen LogP contribution >= 0.6 is 11.3 Å². The molecule has 1 atom stereocenters. The van der Waals surface area contributed by atoms with Crippen molar-refractivity contribution in [2.75, 3.05) is 11.9 Å². The van der Waals surface area contributed by atoms with Gasteiger partial charge in [-0.1, -0.05) is 12.1 Å². The van der Waals surface area contributed by atoms with Crippen LogP contribution in [0.2, 0.25) is 0 Å². The summed E-state index contributed by atoms with van der Waals surface area (Å²) < 4.78 is 12.8. The van der Waals surface area contributed by atoms with Crippen LogP contribution in [0.5, 0.6) is 5.75 Å². The topological polar surface area (TPSA) is 128 Å². The molecule has 0 saturated carbocycles. The van der Waals surface area contributed by atoms with Crippen LogP contribution in [0.15, 0.2) is 53.5 Å². The number of aliphatic imine (C=N–C) groups is 1. The third-order valence-electron chi connectivity index (χ3n) is 6.69. The molecule has 11 heteroatoms. The van der Waals surface area contributed by atoms with Gasteiger partial charge in [0.2, 0.25) is 0 Å². The van der Waals surface area contributed by atoms with E-state index in [0.29, 0.717) is 17.4 Å². The molecule has 0 fully saturated rings. The Balaban J connectivity index is 1.37. The average Bonchev–Trinajstić information content (AvgIpc) is 3.39. The first kappa shape index (κ1) is 29.0. The molecule has 0 bridgehead atoms. The Hall–Kier alpha value is -4.51. The number of nitrogens with one attached hydrogen (secondary N) is 1. The summed E-state index contributed by atoms with van der Waals surface area (Å²) in [5.74, 6) is 0.416. The van der Waals surface area contributed by atoms with E-state index in [4.69, 9.17) is 14.5 Å². The number of anilines is 2. The van der Waals surface area contributed by atoms with Crippen molar-refractivity contribution in [1.29, 1.82) is 0 Å². The number of benzene rings is 2. The van der Waals surface area contributed by atoms with Crippen molar-refractivity contribution in [2.24, 2.45) is 4.99 Å². The molecule has 0 saturated heterocycles. The van der Waals surface area contributed by atoms with Gasteiger partial charge >= 0.3 is 11.9 Å². The number of aryl methyl sites for hydroxylation is 2. The van der Waals surface area contributed by atoms with E-state index in [1.165, 1.54) is 0 Å². The molecule has 218 valence electrons. The van der Waals surface area contributed by atoms with Crippen LogP contribution in [0.4, 0.5) is 11.4 Å². The molecule has 0 aliphatic carbocycles. The van der Waals surface area contributed by atoms with Gasteiger partial charge in [-0.05, 0) is 83.5 Å². The van der Waals surface area contributed by atoms with Gasteiger partial charge in [-0.25, -0.2) is 4.79 Å². The first-order valence-electron chi connectivity index (χ1n) is 13.5. The molecule has 3 heterocycles. The molecule has 1 aliphatic heterocycles. The number of esters is 1. The summed E-state index contributed by atoms with van der Waals surface area (Å²) in [5.41, 5.74) is 4.83. The van der Waals surface area contributed by atoms with Crippen LogP contribution in [-0.4, -0.2) is 49.7 Å². The zero-order valence-corrected chi connectivity index (χ0v) is 25.2. The lowest BCUT2D eigenvalue weighted by Gasteiger charge is -2.19. The van der Waals surface area contributed by atoms with Gasteiger partial charge in [0.25, 0.3) is 0 Å². The number of rotatable bonds is 8. The van der Waals surface area contributed by atoms with Gasteiger partial charge in [0, 0.05) is 27.4 Å². The third-order valence-corrected chi connectivity index (χ3v) is 7.88. The van der Waals surface area contributed by atoms with Gasteiger partial charge < -0.3 is 19.9 Å². The Bertz CT molecular complexity index is 1660. The van der Waals surface area contributed by atoms with Crippen molar-refractivity contribution in [3.63, 3.8) is 0 Å². The van der Waals surface area contributed by atoms with Crippen molar-refractivity contribution in [3.8, 4) is 10.8 Å². The fraction of sp³-hybridized carbons (Fsp3) is 0.323. The van der Waals surface area contributed by atoms with E-state index in [9.17, 15) is 14.7 Å². The highest BCUT2D eigenvalue weighted by molar-refractivity contribution is 7.15. The molecular formula is C31H33N5O5S. The van der Waals surface area contributed by atoms with Crippen LogP contribution in [0.25, 0.3) is 5.00 Å². The third kappa shape index (κ3) is 6.20. The first-order chi connectivity index (χ1) is 19.9. The zero-order chi connectivity index (χ0) is 30.2. The Morgan fingerprint density at radius 1 is 1.00 bits per heavy atom. The summed E-state index contributed by atoms with van der Waals surface area (Å²) >= 11 is 1.63. The smallest absolute Gasteiger partial charge is 0.344 e. The van der Waals surface area contributed by atoms with Gasteiger partial charge in [-0.15, -0.1) is 21.5 Å². The average molecular weight is 588 g/mol. The summed E-state index contributed by atoms with van der Waals surface area (Å²) in [5, 5.41) is 22.5. The molecule has 2 aromatic carbocycles. The van der Waals surface area contributed by atoms with E-state index < -0.39 is 23.6 Å². The van der Waals surface area contributed by atoms with Gasteiger partial charge in [-0.2, -0.15) is 0 Å². The Labute approximate surface area is 248 Å². The molecule has 0 spiro atoms. The predicted molar refractivity (Wildman–Crippen MR) is 162 cm³/mol. The molecule has 10 nitrogen and oxygen atoms in total. The van der Waals surface area contributed by atoms with Crippen molar-refractivity contribution in [1.82, 2.24) is 14.8 Å². The highest BCUT2D eigenvalue weighted by atomic mass is 32.1. The molecular weight excluding hydrogens is 554 g/mol. The number of hydrogen-bond donors (Lipinski definition) is 2. The number of thiophene rings is 1.